The number of benzene rings is 2. The van der Waals surface area contributed by atoms with E-state index in [2.05, 4.69) is 36.1 Å². The van der Waals surface area contributed by atoms with E-state index in [-0.39, 0.29) is 24.6 Å². The first-order chi connectivity index (χ1) is 19.7. The van der Waals surface area contributed by atoms with Crippen molar-refractivity contribution in [2.75, 3.05) is 16.8 Å². The number of para-hydroxylation sites is 1. The van der Waals surface area contributed by atoms with E-state index in [0.717, 1.165) is 22.8 Å². The molecule has 4 heterocycles. The summed E-state index contributed by atoms with van der Waals surface area (Å²) in [6.45, 7) is -0.0777. The van der Waals surface area contributed by atoms with Gasteiger partial charge >= 0.3 is 0 Å². The average molecular weight is 547 g/mol. The largest absolute Gasteiger partial charge is 0.484 e. The molecular formula is C31H26N6O2S. The molecular weight excluding hydrogens is 520 g/mol. The standard InChI is InChI=1S/C31H26N6O2S/c38-28(21-39-25-7-2-1-3-8-25)34-22-11-13-24(14-12-22)37-30(29(35-31(37)40)26-9-4-5-17-33-26)27-10-6-20-36(27)23-15-18-32-19-16-23/h1-20,29-30H,21H2,(H,34,38)(H,35,40)/t29-,30-/m0/s1. The number of nitrogens with one attached hydrogen (secondary N) is 2. The molecule has 1 aliphatic rings. The highest BCUT2D eigenvalue weighted by molar-refractivity contribution is 7.80. The van der Waals surface area contributed by atoms with E-state index < -0.39 is 0 Å². The second-order valence-corrected chi connectivity index (χ2v) is 9.59. The molecule has 8 nitrogen and oxygen atoms in total. The molecule has 40 heavy (non-hydrogen) atoms. The number of hydrogen-bond donors (Lipinski definition) is 2. The lowest BCUT2D eigenvalue weighted by Gasteiger charge is -2.29. The number of pyridine rings is 2. The Morgan fingerprint density at radius 1 is 0.875 bits per heavy atom. The fourth-order valence-corrected chi connectivity index (χ4v) is 5.22. The maximum absolute atomic E-state index is 12.5. The molecule has 2 atom stereocenters. The number of aromatic nitrogens is 3. The zero-order valence-electron chi connectivity index (χ0n) is 21.4. The lowest BCUT2D eigenvalue weighted by atomic mass is 10.0. The van der Waals surface area contributed by atoms with Crippen LogP contribution in [0.1, 0.15) is 23.5 Å². The van der Waals surface area contributed by atoms with Gasteiger partial charge in [-0.1, -0.05) is 24.3 Å². The molecule has 198 valence electrons. The minimum atomic E-state index is -0.238. The third-order valence-corrected chi connectivity index (χ3v) is 6.98. The van der Waals surface area contributed by atoms with Crippen molar-refractivity contribution in [1.82, 2.24) is 19.9 Å². The summed E-state index contributed by atoms with van der Waals surface area (Å²) in [4.78, 5) is 23.4. The van der Waals surface area contributed by atoms with Crippen LogP contribution in [0.2, 0.25) is 0 Å². The van der Waals surface area contributed by atoms with Crippen LogP contribution in [-0.4, -0.2) is 32.2 Å². The van der Waals surface area contributed by atoms with Gasteiger partial charge in [-0.15, -0.1) is 0 Å². The second-order valence-electron chi connectivity index (χ2n) is 9.20. The van der Waals surface area contributed by atoms with Crippen LogP contribution in [0.25, 0.3) is 5.69 Å². The number of carbonyl (C=O) groups excluding carboxylic acids is 1. The molecule has 1 saturated heterocycles. The Kier molecular flexibility index (Phi) is 7.19. The smallest absolute Gasteiger partial charge is 0.262 e. The number of thiocarbonyl (C=S) groups is 1. The van der Waals surface area contributed by atoms with Crippen molar-refractivity contribution in [1.29, 1.82) is 0 Å². The van der Waals surface area contributed by atoms with Crippen molar-refractivity contribution in [3.05, 3.63) is 133 Å². The third-order valence-electron chi connectivity index (χ3n) is 6.66. The Morgan fingerprint density at radius 3 is 2.40 bits per heavy atom. The maximum Gasteiger partial charge on any atom is 0.262 e. The van der Waals surface area contributed by atoms with Crippen LogP contribution < -0.4 is 20.3 Å². The lowest BCUT2D eigenvalue weighted by Crippen LogP contribution is -2.30. The van der Waals surface area contributed by atoms with E-state index in [9.17, 15) is 4.79 Å². The van der Waals surface area contributed by atoms with Gasteiger partial charge in [-0.05, 0) is 85.0 Å². The molecule has 0 unspecified atom stereocenters. The van der Waals surface area contributed by atoms with Crippen LogP contribution >= 0.6 is 12.2 Å². The van der Waals surface area contributed by atoms with E-state index >= 15 is 0 Å². The van der Waals surface area contributed by atoms with Crippen molar-refractivity contribution in [3.63, 3.8) is 0 Å². The molecule has 0 saturated carbocycles. The van der Waals surface area contributed by atoms with Gasteiger partial charge in [0.1, 0.15) is 11.8 Å². The highest BCUT2D eigenvalue weighted by Gasteiger charge is 2.42. The number of amides is 1. The topological polar surface area (TPSA) is 84.3 Å². The number of carbonyl (C=O) groups is 1. The van der Waals surface area contributed by atoms with Crippen molar-refractivity contribution >= 4 is 34.6 Å². The summed E-state index contributed by atoms with van der Waals surface area (Å²) in [6.07, 6.45) is 7.39. The van der Waals surface area contributed by atoms with Gasteiger partial charge in [0.25, 0.3) is 5.91 Å². The zero-order chi connectivity index (χ0) is 27.3. The van der Waals surface area contributed by atoms with Gasteiger partial charge in [-0.25, -0.2) is 0 Å². The Labute approximate surface area is 237 Å². The number of anilines is 2. The summed E-state index contributed by atoms with van der Waals surface area (Å²) in [5.41, 5.74) is 4.50. The molecule has 2 aromatic carbocycles. The summed E-state index contributed by atoms with van der Waals surface area (Å²) in [7, 11) is 0. The van der Waals surface area contributed by atoms with Crippen molar-refractivity contribution < 1.29 is 9.53 Å². The van der Waals surface area contributed by atoms with Crippen LogP contribution in [-0.2, 0) is 4.79 Å². The number of hydrogen-bond acceptors (Lipinski definition) is 5. The molecule has 0 radical (unpaired) electrons. The van der Waals surface area contributed by atoms with Crippen molar-refractivity contribution in [3.8, 4) is 11.4 Å². The number of ether oxygens (including phenoxy) is 1. The van der Waals surface area contributed by atoms with E-state index in [4.69, 9.17) is 17.0 Å². The zero-order valence-corrected chi connectivity index (χ0v) is 22.2. The highest BCUT2D eigenvalue weighted by Crippen LogP contribution is 2.42. The summed E-state index contributed by atoms with van der Waals surface area (Å²) in [5, 5.41) is 6.99. The minimum Gasteiger partial charge on any atom is -0.484 e. The molecule has 6 rings (SSSR count). The van der Waals surface area contributed by atoms with E-state index in [1.165, 1.54) is 0 Å². The molecule has 5 aromatic rings. The SMILES string of the molecule is O=C(COc1ccccc1)Nc1ccc(N2C(=S)N[C@@H](c3ccccn3)[C@@H]2c2cccn2-c2ccncc2)cc1. The van der Waals surface area contributed by atoms with Crippen molar-refractivity contribution in [2.24, 2.45) is 0 Å². The molecule has 1 amide bonds. The number of rotatable bonds is 8. The molecule has 1 aliphatic heterocycles. The van der Waals surface area contributed by atoms with Crippen LogP contribution in [0, 0.1) is 0 Å². The summed E-state index contributed by atoms with van der Waals surface area (Å²) < 4.78 is 7.70. The first-order valence-corrected chi connectivity index (χ1v) is 13.2. The highest BCUT2D eigenvalue weighted by atomic mass is 32.1. The van der Waals surface area contributed by atoms with Gasteiger partial charge in [0.05, 0.1) is 11.7 Å². The van der Waals surface area contributed by atoms with Gasteiger partial charge in [-0.2, -0.15) is 0 Å². The van der Waals surface area contributed by atoms with E-state index in [1.54, 1.807) is 18.6 Å². The lowest BCUT2D eigenvalue weighted by molar-refractivity contribution is -0.118. The van der Waals surface area contributed by atoms with Crippen LogP contribution in [0.3, 0.4) is 0 Å². The molecule has 0 spiro atoms. The number of nitrogens with zero attached hydrogens (tertiary/aromatic N) is 4. The van der Waals surface area contributed by atoms with Gasteiger partial charge in [0.15, 0.2) is 11.7 Å². The van der Waals surface area contributed by atoms with Gasteiger partial charge in [-0.3, -0.25) is 14.8 Å². The van der Waals surface area contributed by atoms with E-state index in [1.807, 2.05) is 97.2 Å². The van der Waals surface area contributed by atoms with Crippen LogP contribution in [0.15, 0.2) is 122 Å². The van der Waals surface area contributed by atoms with Crippen LogP contribution in [0.5, 0.6) is 5.75 Å². The molecule has 9 heteroatoms. The van der Waals surface area contributed by atoms with Crippen molar-refractivity contribution in [2.45, 2.75) is 12.1 Å². The Hall–Kier alpha value is -5.02. The second kappa shape index (κ2) is 11.4. The summed E-state index contributed by atoms with van der Waals surface area (Å²) >= 11 is 5.88. The molecule has 2 N–H and O–H groups in total. The summed E-state index contributed by atoms with van der Waals surface area (Å²) in [6, 6.07) is 30.5. The Bertz CT molecular complexity index is 1590. The third kappa shape index (κ3) is 5.27. The predicted molar refractivity (Wildman–Crippen MR) is 159 cm³/mol. The monoisotopic (exact) mass is 546 g/mol. The first-order valence-electron chi connectivity index (χ1n) is 12.8. The molecule has 0 aliphatic carbocycles. The predicted octanol–water partition coefficient (Wildman–Crippen LogP) is 5.46. The maximum atomic E-state index is 12.5. The van der Waals surface area contributed by atoms with Crippen LogP contribution in [0.4, 0.5) is 11.4 Å². The van der Waals surface area contributed by atoms with Gasteiger partial charge in [0.2, 0.25) is 0 Å². The Morgan fingerprint density at radius 2 is 1.65 bits per heavy atom. The van der Waals surface area contributed by atoms with E-state index in [0.29, 0.717) is 16.5 Å². The quantitative estimate of drug-likeness (QED) is 0.250. The first kappa shape index (κ1) is 25.3. The fourth-order valence-electron chi connectivity index (χ4n) is 4.88. The molecule has 0 bridgehead atoms. The summed E-state index contributed by atoms with van der Waals surface area (Å²) in [5.74, 6) is 0.409. The fraction of sp³-hybridized carbons (Fsp3) is 0.0968. The Balaban J connectivity index is 1.27. The normalized spacial score (nSPS) is 16.4. The molecule has 1 fully saturated rings. The minimum absolute atomic E-state index is 0.0777. The average Bonchev–Trinajstić information content (AvgIpc) is 3.62. The molecule has 3 aromatic heterocycles. The van der Waals surface area contributed by atoms with Gasteiger partial charge in [0, 0.05) is 47.5 Å². The van der Waals surface area contributed by atoms with Gasteiger partial charge < -0.3 is 24.8 Å².